The second-order valence-electron chi connectivity index (χ2n) is 6.23. The third kappa shape index (κ3) is 2.79. The van der Waals surface area contributed by atoms with Crippen molar-refractivity contribution >= 4 is 32.4 Å². The monoisotopic (exact) mass is 323 g/mol. The Bertz CT molecular complexity index is 853. The summed E-state index contributed by atoms with van der Waals surface area (Å²) in [6.45, 7) is 4.25. The fourth-order valence-electron chi connectivity index (χ4n) is 3.38. The first kappa shape index (κ1) is 14.5. The highest BCUT2D eigenvalue weighted by atomic mass is 32.1. The van der Waals surface area contributed by atoms with Crippen molar-refractivity contribution in [1.29, 1.82) is 0 Å². The van der Waals surface area contributed by atoms with E-state index in [2.05, 4.69) is 58.5 Å². The first-order valence-electron chi connectivity index (χ1n) is 8.14. The molecule has 0 bridgehead atoms. The first-order valence-corrected chi connectivity index (χ1v) is 8.96. The second-order valence-corrected chi connectivity index (χ2v) is 7.26. The predicted molar refractivity (Wildman–Crippen MR) is 99.7 cm³/mol. The van der Waals surface area contributed by atoms with E-state index in [0.717, 1.165) is 23.7 Å². The van der Waals surface area contributed by atoms with Gasteiger partial charge in [0.15, 0.2) is 5.13 Å². The quantitative estimate of drug-likeness (QED) is 0.763. The molecule has 3 aromatic rings. The highest BCUT2D eigenvalue weighted by Crippen LogP contribution is 2.35. The van der Waals surface area contributed by atoms with Gasteiger partial charge in [-0.05, 0) is 43.0 Å². The van der Waals surface area contributed by atoms with E-state index in [0.29, 0.717) is 0 Å². The number of aryl methyl sites for hydroxylation is 2. The number of aromatic nitrogens is 1. The molecule has 0 saturated heterocycles. The molecule has 118 valence electrons. The van der Waals surface area contributed by atoms with E-state index >= 15 is 0 Å². The highest BCUT2D eigenvalue weighted by molar-refractivity contribution is 7.22. The molecule has 0 radical (unpaired) electrons. The molecule has 1 N–H and O–H groups in total. The van der Waals surface area contributed by atoms with Gasteiger partial charge in [0.2, 0.25) is 0 Å². The van der Waals surface area contributed by atoms with Crippen LogP contribution in [0.15, 0.2) is 36.4 Å². The third-order valence-electron chi connectivity index (χ3n) is 4.47. The van der Waals surface area contributed by atoms with Crippen molar-refractivity contribution in [2.24, 2.45) is 0 Å². The molecule has 23 heavy (non-hydrogen) atoms. The van der Waals surface area contributed by atoms with E-state index in [1.807, 2.05) is 7.05 Å². The van der Waals surface area contributed by atoms with E-state index < -0.39 is 0 Å². The van der Waals surface area contributed by atoms with Crippen LogP contribution in [0.1, 0.15) is 23.1 Å². The summed E-state index contributed by atoms with van der Waals surface area (Å²) in [5.41, 5.74) is 6.63. The molecule has 0 unspecified atom stereocenters. The summed E-state index contributed by atoms with van der Waals surface area (Å²) in [7, 11) is 1.93. The largest absolute Gasteiger partial charge is 0.367 e. The summed E-state index contributed by atoms with van der Waals surface area (Å²) in [6, 6.07) is 13.4. The van der Waals surface area contributed by atoms with E-state index in [9.17, 15) is 0 Å². The van der Waals surface area contributed by atoms with Gasteiger partial charge >= 0.3 is 0 Å². The molecule has 1 aromatic heterocycles. The second kappa shape index (κ2) is 5.85. The molecule has 0 spiro atoms. The Morgan fingerprint density at radius 1 is 1.26 bits per heavy atom. The number of benzene rings is 2. The minimum absolute atomic E-state index is 0.975. The minimum Gasteiger partial charge on any atom is -0.367 e. The van der Waals surface area contributed by atoms with Crippen molar-refractivity contribution in [3.8, 4) is 0 Å². The zero-order chi connectivity index (χ0) is 15.8. The Kier molecular flexibility index (Phi) is 3.69. The van der Waals surface area contributed by atoms with Gasteiger partial charge < -0.3 is 10.2 Å². The standard InChI is InChI=1S/C19H21N3S/c1-13-5-3-6-14(9-13)12-22-8-4-7-15-10-18-16(11-17(15)22)21-19(20-2)23-18/h3,5-6,9-11H,4,7-8,12H2,1-2H3,(H,20,21). The third-order valence-corrected chi connectivity index (χ3v) is 5.51. The Labute approximate surface area is 141 Å². The smallest absolute Gasteiger partial charge is 0.183 e. The summed E-state index contributed by atoms with van der Waals surface area (Å²) in [5, 5.41) is 4.15. The molecule has 0 aliphatic carbocycles. The number of nitrogens with zero attached hydrogens (tertiary/aromatic N) is 2. The Hall–Kier alpha value is -2.07. The maximum atomic E-state index is 4.68. The van der Waals surface area contributed by atoms with E-state index in [-0.39, 0.29) is 0 Å². The van der Waals surface area contributed by atoms with Crippen LogP contribution >= 0.6 is 11.3 Å². The zero-order valence-electron chi connectivity index (χ0n) is 13.6. The van der Waals surface area contributed by atoms with Gasteiger partial charge in [0.1, 0.15) is 0 Å². The molecular weight excluding hydrogens is 302 g/mol. The number of fused-ring (bicyclic) bond motifs is 2. The molecule has 4 heteroatoms. The fraction of sp³-hybridized carbons (Fsp3) is 0.316. The highest BCUT2D eigenvalue weighted by Gasteiger charge is 2.19. The lowest BCUT2D eigenvalue weighted by atomic mass is 10.0. The van der Waals surface area contributed by atoms with Gasteiger partial charge in [-0.2, -0.15) is 0 Å². The van der Waals surface area contributed by atoms with Crippen molar-refractivity contribution in [2.45, 2.75) is 26.3 Å². The average molecular weight is 323 g/mol. The molecule has 0 atom stereocenters. The molecule has 3 nitrogen and oxygen atoms in total. The van der Waals surface area contributed by atoms with Crippen molar-refractivity contribution in [3.05, 3.63) is 53.1 Å². The van der Waals surface area contributed by atoms with Crippen molar-refractivity contribution in [2.75, 3.05) is 23.8 Å². The van der Waals surface area contributed by atoms with Crippen LogP contribution < -0.4 is 10.2 Å². The lowest BCUT2D eigenvalue weighted by Gasteiger charge is -2.31. The number of nitrogens with one attached hydrogen (secondary N) is 1. The molecular formula is C19H21N3S. The van der Waals surface area contributed by atoms with Crippen LogP contribution in [0.2, 0.25) is 0 Å². The van der Waals surface area contributed by atoms with E-state index in [1.165, 1.54) is 39.9 Å². The number of anilines is 2. The van der Waals surface area contributed by atoms with Gasteiger partial charge in [-0.15, -0.1) is 0 Å². The van der Waals surface area contributed by atoms with E-state index in [1.54, 1.807) is 11.3 Å². The minimum atomic E-state index is 0.975. The van der Waals surface area contributed by atoms with Crippen LogP contribution in [0.5, 0.6) is 0 Å². The molecule has 2 aromatic carbocycles. The molecule has 0 amide bonds. The van der Waals surface area contributed by atoms with Crippen LogP contribution in [0, 0.1) is 6.92 Å². The molecule has 0 saturated carbocycles. The first-order chi connectivity index (χ1) is 11.2. The molecule has 1 aliphatic rings. The van der Waals surface area contributed by atoms with E-state index in [4.69, 9.17) is 0 Å². The van der Waals surface area contributed by atoms with Crippen molar-refractivity contribution < 1.29 is 0 Å². The normalized spacial score (nSPS) is 14.1. The molecule has 1 aliphatic heterocycles. The Morgan fingerprint density at radius 3 is 3.00 bits per heavy atom. The summed E-state index contributed by atoms with van der Waals surface area (Å²) in [6.07, 6.45) is 2.39. The van der Waals surface area contributed by atoms with Gasteiger partial charge in [-0.3, -0.25) is 0 Å². The SMILES string of the molecule is CNc1nc2cc3c(cc2s1)CCCN3Cc1cccc(C)c1. The number of hydrogen-bond acceptors (Lipinski definition) is 4. The van der Waals surface area contributed by atoms with Gasteiger partial charge in [0, 0.05) is 25.8 Å². The maximum Gasteiger partial charge on any atom is 0.183 e. The molecule has 0 fully saturated rings. The Balaban J connectivity index is 1.71. The van der Waals surface area contributed by atoms with Gasteiger partial charge in [-0.1, -0.05) is 41.2 Å². The number of thiazole rings is 1. The van der Waals surface area contributed by atoms with Crippen LogP contribution in [0.25, 0.3) is 10.2 Å². The van der Waals surface area contributed by atoms with Crippen molar-refractivity contribution in [3.63, 3.8) is 0 Å². The van der Waals surface area contributed by atoms with Gasteiger partial charge in [0.05, 0.1) is 10.2 Å². The number of hydrogen-bond donors (Lipinski definition) is 1. The summed E-state index contributed by atoms with van der Waals surface area (Å²) in [5.74, 6) is 0. The topological polar surface area (TPSA) is 28.2 Å². The number of rotatable bonds is 3. The van der Waals surface area contributed by atoms with Crippen LogP contribution in [-0.2, 0) is 13.0 Å². The summed E-state index contributed by atoms with van der Waals surface area (Å²) < 4.78 is 1.28. The summed E-state index contributed by atoms with van der Waals surface area (Å²) in [4.78, 5) is 7.18. The lowest BCUT2D eigenvalue weighted by molar-refractivity contribution is 0.692. The summed E-state index contributed by atoms with van der Waals surface area (Å²) >= 11 is 1.74. The van der Waals surface area contributed by atoms with Crippen molar-refractivity contribution in [1.82, 2.24) is 4.98 Å². The Morgan fingerprint density at radius 2 is 2.17 bits per heavy atom. The zero-order valence-corrected chi connectivity index (χ0v) is 14.4. The fourth-order valence-corrected chi connectivity index (χ4v) is 4.25. The average Bonchev–Trinajstić information content (AvgIpc) is 2.95. The van der Waals surface area contributed by atoms with Crippen LogP contribution in [0.3, 0.4) is 0 Å². The molecule has 4 rings (SSSR count). The van der Waals surface area contributed by atoms with Gasteiger partial charge in [-0.25, -0.2) is 4.98 Å². The maximum absolute atomic E-state index is 4.68. The lowest BCUT2D eigenvalue weighted by Crippen LogP contribution is -2.28. The molecule has 2 heterocycles. The van der Waals surface area contributed by atoms with Crippen LogP contribution in [-0.4, -0.2) is 18.6 Å². The predicted octanol–water partition coefficient (Wildman–Crippen LogP) is 4.60. The van der Waals surface area contributed by atoms with Crippen LogP contribution in [0.4, 0.5) is 10.8 Å². The van der Waals surface area contributed by atoms with Gasteiger partial charge in [0.25, 0.3) is 0 Å².